The van der Waals surface area contributed by atoms with Crippen LogP contribution in [-0.4, -0.2) is 15.5 Å². The lowest BCUT2D eigenvalue weighted by Crippen LogP contribution is -2.35. The zero-order valence-electron chi connectivity index (χ0n) is 12.3. The molecule has 0 spiro atoms. The molecule has 0 fully saturated rings. The first-order chi connectivity index (χ1) is 9.40. The predicted molar refractivity (Wildman–Crippen MR) is 86.3 cm³/mol. The molecule has 0 aliphatic carbocycles. The molecule has 0 aromatic carbocycles. The van der Waals surface area contributed by atoms with Gasteiger partial charge in [-0.15, -0.1) is 11.3 Å². The monoisotopic (exact) mass is 309 g/mol. The number of nitrogens with zero attached hydrogens (tertiary/aromatic N) is 2. The minimum Gasteiger partial charge on any atom is -0.307 e. The van der Waals surface area contributed by atoms with Gasteiger partial charge in [-0.2, -0.15) is 0 Å². The number of nitrogens with one attached hydrogen (secondary N) is 1. The highest BCUT2D eigenvalue weighted by Crippen LogP contribution is 2.31. The average Bonchev–Trinajstić information content (AvgIpc) is 2.79. The van der Waals surface area contributed by atoms with E-state index in [4.69, 9.17) is 16.6 Å². The highest BCUT2D eigenvalue weighted by molar-refractivity contribution is 7.15. The highest BCUT2D eigenvalue weighted by atomic mass is 35.5. The Morgan fingerprint density at radius 1 is 1.35 bits per heavy atom. The molecule has 0 saturated carbocycles. The van der Waals surface area contributed by atoms with Crippen LogP contribution in [0.5, 0.6) is 0 Å². The Morgan fingerprint density at radius 2 is 2.10 bits per heavy atom. The predicted octanol–water partition coefficient (Wildman–Crippen LogP) is 4.31. The van der Waals surface area contributed by atoms with Gasteiger partial charge < -0.3 is 5.32 Å². The molecule has 0 aliphatic rings. The van der Waals surface area contributed by atoms with E-state index in [1.807, 2.05) is 12.1 Å². The van der Waals surface area contributed by atoms with Gasteiger partial charge in [0, 0.05) is 23.2 Å². The van der Waals surface area contributed by atoms with E-state index < -0.39 is 0 Å². The third-order valence-electron chi connectivity index (χ3n) is 2.85. The van der Waals surface area contributed by atoms with Crippen molar-refractivity contribution in [2.24, 2.45) is 0 Å². The molecule has 0 radical (unpaired) electrons. The van der Waals surface area contributed by atoms with Crippen molar-refractivity contribution in [3.8, 4) is 10.7 Å². The first-order valence-electron chi connectivity index (χ1n) is 6.75. The van der Waals surface area contributed by atoms with Crippen LogP contribution >= 0.6 is 22.9 Å². The van der Waals surface area contributed by atoms with Crippen LogP contribution in [0, 0.1) is 0 Å². The lowest BCUT2D eigenvalue weighted by Gasteiger charge is -2.20. The van der Waals surface area contributed by atoms with Gasteiger partial charge in [0.2, 0.25) is 0 Å². The molecule has 2 rings (SSSR count). The Hall–Kier alpha value is -0.970. The van der Waals surface area contributed by atoms with Crippen molar-refractivity contribution < 1.29 is 0 Å². The summed E-state index contributed by atoms with van der Waals surface area (Å²) in [7, 11) is 0. The number of hydrogen-bond acceptors (Lipinski definition) is 4. The zero-order chi connectivity index (χ0) is 14.8. The van der Waals surface area contributed by atoms with Crippen LogP contribution < -0.4 is 5.32 Å². The van der Waals surface area contributed by atoms with Crippen molar-refractivity contribution in [1.82, 2.24) is 15.3 Å². The van der Waals surface area contributed by atoms with Crippen molar-refractivity contribution in [2.75, 3.05) is 0 Å². The van der Waals surface area contributed by atoms with Crippen LogP contribution in [0.4, 0.5) is 0 Å². The number of pyridine rings is 1. The van der Waals surface area contributed by atoms with E-state index in [1.54, 1.807) is 17.5 Å². The fourth-order valence-corrected chi connectivity index (χ4v) is 3.16. The molecule has 0 amide bonds. The summed E-state index contributed by atoms with van der Waals surface area (Å²) in [6.45, 7) is 9.44. The molecular weight excluding hydrogens is 290 g/mol. The van der Waals surface area contributed by atoms with Gasteiger partial charge in [-0.25, -0.2) is 4.98 Å². The Morgan fingerprint density at radius 3 is 2.70 bits per heavy atom. The number of aromatic nitrogens is 2. The summed E-state index contributed by atoms with van der Waals surface area (Å²) in [6.07, 6.45) is 2.67. The second-order valence-corrected chi connectivity index (χ2v) is 7.17. The van der Waals surface area contributed by atoms with Crippen molar-refractivity contribution in [3.05, 3.63) is 33.9 Å². The van der Waals surface area contributed by atoms with Crippen LogP contribution in [0.3, 0.4) is 0 Å². The van der Waals surface area contributed by atoms with Gasteiger partial charge in [0.1, 0.15) is 10.7 Å². The fraction of sp³-hybridized carbons (Fsp3) is 0.467. The van der Waals surface area contributed by atoms with Gasteiger partial charge in [0.25, 0.3) is 0 Å². The SMILES string of the molecule is CCc1nc(-c2ncccc2Cl)sc1CNC(C)(C)C. The highest BCUT2D eigenvalue weighted by Gasteiger charge is 2.16. The number of hydrogen-bond donors (Lipinski definition) is 1. The van der Waals surface area contributed by atoms with Gasteiger partial charge in [0.05, 0.1) is 10.7 Å². The molecule has 5 heteroatoms. The van der Waals surface area contributed by atoms with Crippen LogP contribution in [0.2, 0.25) is 5.02 Å². The molecule has 2 heterocycles. The zero-order valence-corrected chi connectivity index (χ0v) is 13.9. The third-order valence-corrected chi connectivity index (χ3v) is 4.26. The van der Waals surface area contributed by atoms with Crippen LogP contribution in [-0.2, 0) is 13.0 Å². The average molecular weight is 310 g/mol. The molecule has 20 heavy (non-hydrogen) atoms. The summed E-state index contributed by atoms with van der Waals surface area (Å²) in [6, 6.07) is 3.69. The summed E-state index contributed by atoms with van der Waals surface area (Å²) in [4.78, 5) is 10.3. The third kappa shape index (κ3) is 3.78. The molecule has 108 valence electrons. The Labute approximate surface area is 129 Å². The molecule has 0 saturated heterocycles. The van der Waals surface area contributed by atoms with E-state index in [0.717, 1.165) is 29.4 Å². The van der Waals surface area contributed by atoms with Crippen molar-refractivity contribution >= 4 is 22.9 Å². The first kappa shape index (κ1) is 15.4. The van der Waals surface area contributed by atoms with Crippen molar-refractivity contribution in [1.29, 1.82) is 0 Å². The van der Waals surface area contributed by atoms with E-state index in [1.165, 1.54) is 4.88 Å². The minimum absolute atomic E-state index is 0.0950. The first-order valence-corrected chi connectivity index (χ1v) is 7.94. The van der Waals surface area contributed by atoms with Gasteiger partial charge in [-0.3, -0.25) is 4.98 Å². The number of thiazole rings is 1. The smallest absolute Gasteiger partial charge is 0.143 e. The molecule has 1 N–H and O–H groups in total. The molecule has 0 unspecified atom stereocenters. The second kappa shape index (κ2) is 6.20. The second-order valence-electron chi connectivity index (χ2n) is 5.68. The summed E-state index contributed by atoms with van der Waals surface area (Å²) >= 11 is 7.87. The van der Waals surface area contributed by atoms with Crippen molar-refractivity contribution in [3.63, 3.8) is 0 Å². The maximum atomic E-state index is 6.20. The number of aryl methyl sites for hydroxylation is 1. The largest absolute Gasteiger partial charge is 0.307 e. The fourth-order valence-electron chi connectivity index (χ4n) is 1.79. The van der Waals surface area contributed by atoms with Crippen LogP contribution in [0.25, 0.3) is 10.7 Å². The summed E-state index contributed by atoms with van der Waals surface area (Å²) in [5, 5.41) is 5.06. The number of halogens is 1. The summed E-state index contributed by atoms with van der Waals surface area (Å²) in [5.74, 6) is 0. The van der Waals surface area contributed by atoms with Gasteiger partial charge >= 0.3 is 0 Å². The lowest BCUT2D eigenvalue weighted by atomic mass is 10.1. The standard InChI is InChI=1S/C15H20ClN3S/c1-5-11-12(9-18-15(2,3)4)20-14(19-11)13-10(16)7-6-8-17-13/h6-8,18H,5,9H2,1-4H3. The van der Waals surface area contributed by atoms with E-state index in [0.29, 0.717) is 5.02 Å². The molecule has 0 aliphatic heterocycles. The maximum Gasteiger partial charge on any atom is 0.143 e. The molecule has 2 aromatic heterocycles. The van der Waals surface area contributed by atoms with E-state index >= 15 is 0 Å². The normalized spacial score (nSPS) is 11.8. The number of rotatable bonds is 4. The Kier molecular flexibility index (Phi) is 4.78. The van der Waals surface area contributed by atoms with Gasteiger partial charge in [-0.05, 0) is 39.3 Å². The molecule has 0 atom stereocenters. The summed E-state index contributed by atoms with van der Waals surface area (Å²) in [5.41, 5.74) is 2.00. The van der Waals surface area contributed by atoms with Crippen LogP contribution in [0.15, 0.2) is 18.3 Å². The van der Waals surface area contributed by atoms with E-state index in [-0.39, 0.29) is 5.54 Å². The molecule has 0 bridgehead atoms. The van der Waals surface area contributed by atoms with E-state index in [2.05, 4.69) is 38.0 Å². The van der Waals surface area contributed by atoms with Gasteiger partial charge in [0.15, 0.2) is 0 Å². The summed E-state index contributed by atoms with van der Waals surface area (Å²) < 4.78 is 0. The molecule has 2 aromatic rings. The quantitative estimate of drug-likeness (QED) is 0.914. The van der Waals surface area contributed by atoms with E-state index in [9.17, 15) is 0 Å². The molecule has 3 nitrogen and oxygen atoms in total. The Balaban J connectivity index is 2.29. The molecular formula is C15H20ClN3S. The minimum atomic E-state index is 0.0950. The topological polar surface area (TPSA) is 37.8 Å². The maximum absolute atomic E-state index is 6.20. The van der Waals surface area contributed by atoms with Crippen LogP contribution in [0.1, 0.15) is 38.3 Å². The Bertz CT molecular complexity index is 587. The lowest BCUT2D eigenvalue weighted by molar-refractivity contribution is 0.425. The van der Waals surface area contributed by atoms with Gasteiger partial charge in [-0.1, -0.05) is 18.5 Å². The van der Waals surface area contributed by atoms with Crippen molar-refractivity contribution in [2.45, 2.75) is 46.2 Å².